The summed E-state index contributed by atoms with van der Waals surface area (Å²) in [6.45, 7) is 4.78. The maximum absolute atomic E-state index is 11.5. The van der Waals surface area contributed by atoms with Crippen LogP contribution in [0.15, 0.2) is 54.6 Å². The van der Waals surface area contributed by atoms with Gasteiger partial charge in [0.2, 0.25) is 0 Å². The van der Waals surface area contributed by atoms with Crippen LogP contribution in [0.5, 0.6) is 0 Å². The minimum Gasteiger partial charge on any atom is -0.450 e. The third-order valence-electron chi connectivity index (χ3n) is 3.37. The van der Waals surface area contributed by atoms with Crippen molar-refractivity contribution in [3.63, 3.8) is 0 Å². The molecule has 2 aromatic carbocycles. The van der Waals surface area contributed by atoms with Crippen LogP contribution in [0, 0.1) is 6.92 Å². The van der Waals surface area contributed by atoms with Crippen molar-refractivity contribution in [1.82, 2.24) is 5.32 Å². The number of hydrogen-bond acceptors (Lipinski definition) is 2. The summed E-state index contributed by atoms with van der Waals surface area (Å²) in [6, 6.07) is 18.6. The summed E-state index contributed by atoms with van der Waals surface area (Å²) in [7, 11) is 0. The number of aryl methyl sites for hydroxylation is 1. The first-order valence-corrected chi connectivity index (χ1v) is 7.23. The van der Waals surface area contributed by atoms with Crippen molar-refractivity contribution in [3.05, 3.63) is 71.3 Å². The number of amides is 1. The lowest BCUT2D eigenvalue weighted by molar-refractivity contribution is 0.152. The lowest BCUT2D eigenvalue weighted by Gasteiger charge is -2.19. The Morgan fingerprint density at radius 3 is 2.48 bits per heavy atom. The molecule has 0 fully saturated rings. The van der Waals surface area contributed by atoms with E-state index in [1.54, 1.807) is 6.92 Å². The molecule has 0 aliphatic carbocycles. The van der Waals surface area contributed by atoms with Crippen molar-refractivity contribution >= 4 is 6.09 Å². The number of ether oxygens (including phenoxy) is 1. The Balaban J connectivity index is 2.21. The highest BCUT2D eigenvalue weighted by Crippen LogP contribution is 2.24. The Bertz CT molecular complexity index is 581. The molecule has 1 amide bonds. The van der Waals surface area contributed by atoms with Gasteiger partial charge in [0.05, 0.1) is 6.61 Å². The fraction of sp³-hybridized carbons (Fsp3) is 0.278. The standard InChI is InChI=1S/C18H21NO2/c1-3-21-18(20)19-13-17(15-9-5-4-6-10-15)16-11-7-8-14(2)12-16/h4-12,17H,3,13H2,1-2H3,(H,19,20). The quantitative estimate of drug-likeness (QED) is 0.904. The van der Waals surface area contributed by atoms with Crippen LogP contribution in [0.4, 0.5) is 4.79 Å². The third-order valence-corrected chi connectivity index (χ3v) is 3.37. The van der Waals surface area contributed by atoms with Gasteiger partial charge in [0.15, 0.2) is 0 Å². The Morgan fingerprint density at radius 1 is 1.10 bits per heavy atom. The van der Waals surface area contributed by atoms with Gasteiger partial charge >= 0.3 is 6.09 Å². The van der Waals surface area contributed by atoms with Crippen LogP contribution in [-0.4, -0.2) is 19.2 Å². The van der Waals surface area contributed by atoms with E-state index in [2.05, 4.69) is 42.6 Å². The monoisotopic (exact) mass is 283 g/mol. The first-order chi connectivity index (χ1) is 10.2. The van der Waals surface area contributed by atoms with Crippen LogP contribution in [0.1, 0.15) is 29.5 Å². The Hall–Kier alpha value is -2.29. The molecule has 2 aromatic rings. The molecule has 1 atom stereocenters. The van der Waals surface area contributed by atoms with Crippen LogP contribution in [0.2, 0.25) is 0 Å². The second-order valence-electron chi connectivity index (χ2n) is 4.98. The van der Waals surface area contributed by atoms with E-state index >= 15 is 0 Å². The maximum Gasteiger partial charge on any atom is 0.407 e. The van der Waals surface area contributed by atoms with Crippen LogP contribution >= 0.6 is 0 Å². The molecule has 0 saturated carbocycles. The summed E-state index contributed by atoms with van der Waals surface area (Å²) in [5.41, 5.74) is 3.59. The average Bonchev–Trinajstić information content (AvgIpc) is 2.49. The minimum absolute atomic E-state index is 0.121. The molecule has 2 rings (SSSR count). The fourth-order valence-electron chi connectivity index (χ4n) is 2.37. The Morgan fingerprint density at radius 2 is 1.81 bits per heavy atom. The molecule has 110 valence electrons. The summed E-state index contributed by atoms with van der Waals surface area (Å²) in [4.78, 5) is 11.5. The summed E-state index contributed by atoms with van der Waals surface area (Å²) in [5, 5.41) is 2.84. The second kappa shape index (κ2) is 7.48. The molecule has 3 nitrogen and oxygen atoms in total. The number of alkyl carbamates (subject to hydrolysis) is 1. The van der Waals surface area contributed by atoms with E-state index in [-0.39, 0.29) is 12.0 Å². The largest absolute Gasteiger partial charge is 0.450 e. The van der Waals surface area contributed by atoms with Gasteiger partial charge in [-0.1, -0.05) is 60.2 Å². The van der Waals surface area contributed by atoms with Crippen molar-refractivity contribution in [1.29, 1.82) is 0 Å². The van der Waals surface area contributed by atoms with Crippen molar-refractivity contribution in [3.8, 4) is 0 Å². The maximum atomic E-state index is 11.5. The van der Waals surface area contributed by atoms with Gasteiger partial charge < -0.3 is 10.1 Å². The van der Waals surface area contributed by atoms with Crippen molar-refractivity contribution in [2.75, 3.05) is 13.2 Å². The molecular formula is C18H21NO2. The smallest absolute Gasteiger partial charge is 0.407 e. The number of carbonyl (C=O) groups excluding carboxylic acids is 1. The molecule has 0 heterocycles. The fourth-order valence-corrected chi connectivity index (χ4v) is 2.37. The molecule has 0 aliphatic heterocycles. The van der Waals surface area contributed by atoms with E-state index in [4.69, 9.17) is 4.74 Å². The van der Waals surface area contributed by atoms with Gasteiger partial charge in [-0.3, -0.25) is 0 Å². The van der Waals surface area contributed by atoms with Crippen LogP contribution < -0.4 is 5.32 Å². The normalized spacial score (nSPS) is 11.7. The lowest BCUT2D eigenvalue weighted by atomic mass is 9.90. The average molecular weight is 283 g/mol. The summed E-state index contributed by atoms with van der Waals surface area (Å²) >= 11 is 0. The molecule has 0 bridgehead atoms. The predicted molar refractivity (Wildman–Crippen MR) is 84.5 cm³/mol. The van der Waals surface area contributed by atoms with Gasteiger partial charge in [0.25, 0.3) is 0 Å². The topological polar surface area (TPSA) is 38.3 Å². The second-order valence-corrected chi connectivity index (χ2v) is 4.98. The zero-order chi connectivity index (χ0) is 15.1. The van der Waals surface area contributed by atoms with E-state index in [1.807, 2.05) is 24.3 Å². The summed E-state index contributed by atoms with van der Waals surface area (Å²) < 4.78 is 4.94. The molecule has 0 aliphatic rings. The van der Waals surface area contributed by atoms with Crippen LogP contribution in [0.3, 0.4) is 0 Å². The van der Waals surface area contributed by atoms with Crippen molar-refractivity contribution in [2.45, 2.75) is 19.8 Å². The number of nitrogens with one attached hydrogen (secondary N) is 1. The van der Waals surface area contributed by atoms with Gasteiger partial charge in [0, 0.05) is 12.5 Å². The SMILES string of the molecule is CCOC(=O)NCC(c1ccccc1)c1cccc(C)c1. The zero-order valence-corrected chi connectivity index (χ0v) is 12.5. The molecule has 0 radical (unpaired) electrons. The van der Waals surface area contributed by atoms with Crippen molar-refractivity contribution in [2.24, 2.45) is 0 Å². The highest BCUT2D eigenvalue weighted by Gasteiger charge is 2.15. The summed E-state index contributed by atoms with van der Waals surface area (Å²) in [5.74, 6) is 0.121. The van der Waals surface area contributed by atoms with E-state index < -0.39 is 0 Å². The highest BCUT2D eigenvalue weighted by atomic mass is 16.5. The molecule has 0 aromatic heterocycles. The van der Waals surface area contributed by atoms with Gasteiger partial charge in [0.1, 0.15) is 0 Å². The van der Waals surface area contributed by atoms with Gasteiger partial charge in [-0.2, -0.15) is 0 Å². The van der Waals surface area contributed by atoms with Crippen LogP contribution in [-0.2, 0) is 4.74 Å². The van der Waals surface area contributed by atoms with Gasteiger partial charge in [-0.15, -0.1) is 0 Å². The Labute approximate surface area is 126 Å². The van der Waals surface area contributed by atoms with Gasteiger partial charge in [-0.25, -0.2) is 4.79 Å². The molecule has 0 spiro atoms. The highest BCUT2D eigenvalue weighted by molar-refractivity contribution is 5.67. The first-order valence-electron chi connectivity index (χ1n) is 7.23. The molecule has 3 heteroatoms. The number of benzene rings is 2. The van der Waals surface area contributed by atoms with Gasteiger partial charge in [-0.05, 0) is 25.0 Å². The zero-order valence-electron chi connectivity index (χ0n) is 12.5. The van der Waals surface area contributed by atoms with Crippen LogP contribution in [0.25, 0.3) is 0 Å². The molecule has 0 saturated heterocycles. The predicted octanol–water partition coefficient (Wildman–Crippen LogP) is 3.87. The van der Waals surface area contributed by atoms with E-state index in [1.165, 1.54) is 16.7 Å². The first kappa shape index (κ1) is 15.1. The molecule has 1 N–H and O–H groups in total. The van der Waals surface area contributed by atoms with E-state index in [0.29, 0.717) is 13.2 Å². The lowest BCUT2D eigenvalue weighted by Crippen LogP contribution is -2.29. The van der Waals surface area contributed by atoms with E-state index in [0.717, 1.165) is 0 Å². The summed E-state index contributed by atoms with van der Waals surface area (Å²) in [6.07, 6.45) is -0.369. The number of rotatable bonds is 5. The Kier molecular flexibility index (Phi) is 5.38. The number of hydrogen-bond donors (Lipinski definition) is 1. The van der Waals surface area contributed by atoms with Crippen molar-refractivity contribution < 1.29 is 9.53 Å². The number of carbonyl (C=O) groups is 1. The third kappa shape index (κ3) is 4.35. The molecule has 21 heavy (non-hydrogen) atoms. The molecular weight excluding hydrogens is 262 g/mol. The molecule has 1 unspecified atom stereocenters. The van der Waals surface area contributed by atoms with E-state index in [9.17, 15) is 4.79 Å². The minimum atomic E-state index is -0.369.